The van der Waals surface area contributed by atoms with Gasteiger partial charge in [0.15, 0.2) is 6.61 Å². The molecule has 170 valence electrons. The first kappa shape index (κ1) is 22.3. The number of rotatable bonds is 7. The van der Waals surface area contributed by atoms with E-state index in [1.807, 2.05) is 24.3 Å². The Hall–Kier alpha value is -3.94. The molecule has 2 aromatic rings. The third kappa shape index (κ3) is 4.79. The highest BCUT2D eigenvalue weighted by Crippen LogP contribution is 2.24. The van der Waals surface area contributed by atoms with Gasteiger partial charge in [0.25, 0.3) is 17.7 Å². The molecule has 2 aromatic carbocycles. The van der Waals surface area contributed by atoms with E-state index in [1.54, 1.807) is 0 Å². The highest BCUT2D eigenvalue weighted by Gasteiger charge is 2.35. The van der Waals surface area contributed by atoms with Crippen LogP contribution in [0.4, 0.5) is 11.4 Å². The number of imide groups is 1. The number of amides is 3. The van der Waals surface area contributed by atoms with Crippen LogP contribution in [-0.4, -0.2) is 54.8 Å². The fraction of sp³-hybridized carbons (Fsp3) is 0.280. The number of nitrogens with one attached hydrogen (secondary N) is 1. The monoisotopic (exact) mass is 447 g/mol. The van der Waals surface area contributed by atoms with Gasteiger partial charge >= 0.3 is 5.97 Å². The first-order chi connectivity index (χ1) is 16.0. The highest BCUT2D eigenvalue weighted by atomic mass is 16.5. The van der Waals surface area contributed by atoms with Crippen molar-refractivity contribution in [2.45, 2.75) is 19.3 Å². The standard InChI is InChI=1S/C25H25N3O5/c1-2-12-28-23(30)20-11-6-17(15-21(20)24(28)31)25(32)33-16-22(29)26-18-7-9-19(10-8-18)27-13-4-3-5-14-27/h2,6-11,15H,1,3-5,12-14,16H2,(H,26,29). The van der Waals surface area contributed by atoms with Crippen molar-refractivity contribution in [1.82, 2.24) is 4.90 Å². The van der Waals surface area contributed by atoms with E-state index in [9.17, 15) is 19.2 Å². The maximum Gasteiger partial charge on any atom is 0.338 e. The zero-order valence-corrected chi connectivity index (χ0v) is 18.2. The summed E-state index contributed by atoms with van der Waals surface area (Å²) in [7, 11) is 0. The number of benzene rings is 2. The van der Waals surface area contributed by atoms with E-state index in [4.69, 9.17) is 4.74 Å². The van der Waals surface area contributed by atoms with Gasteiger partial charge in [-0.15, -0.1) is 6.58 Å². The second-order valence-corrected chi connectivity index (χ2v) is 7.99. The Morgan fingerprint density at radius 2 is 1.67 bits per heavy atom. The third-order valence-electron chi connectivity index (χ3n) is 5.72. The summed E-state index contributed by atoms with van der Waals surface area (Å²) in [6.07, 6.45) is 5.09. The quantitative estimate of drug-likeness (QED) is 0.398. The topological polar surface area (TPSA) is 96.0 Å². The molecule has 8 heteroatoms. The summed E-state index contributed by atoms with van der Waals surface area (Å²) in [5, 5.41) is 2.70. The van der Waals surface area contributed by atoms with E-state index in [2.05, 4.69) is 16.8 Å². The van der Waals surface area contributed by atoms with E-state index in [-0.39, 0.29) is 23.2 Å². The normalized spacial score (nSPS) is 15.3. The maximum absolute atomic E-state index is 12.4. The van der Waals surface area contributed by atoms with Crippen LogP contribution in [-0.2, 0) is 9.53 Å². The van der Waals surface area contributed by atoms with Crippen LogP contribution in [0.3, 0.4) is 0 Å². The van der Waals surface area contributed by atoms with Crippen molar-refractivity contribution in [2.24, 2.45) is 0 Å². The highest BCUT2D eigenvalue weighted by molar-refractivity contribution is 6.22. The van der Waals surface area contributed by atoms with E-state index in [0.29, 0.717) is 5.69 Å². The Bertz CT molecular complexity index is 1100. The average molecular weight is 447 g/mol. The fourth-order valence-electron chi connectivity index (χ4n) is 4.03. The molecule has 0 atom stereocenters. The molecule has 33 heavy (non-hydrogen) atoms. The average Bonchev–Trinajstić information content (AvgIpc) is 3.08. The second kappa shape index (κ2) is 9.68. The number of hydrogen-bond donors (Lipinski definition) is 1. The van der Waals surface area contributed by atoms with Crippen molar-refractivity contribution in [1.29, 1.82) is 0 Å². The summed E-state index contributed by atoms with van der Waals surface area (Å²) < 4.78 is 5.09. The molecule has 0 aliphatic carbocycles. The van der Waals surface area contributed by atoms with Crippen molar-refractivity contribution in [2.75, 3.05) is 36.5 Å². The van der Waals surface area contributed by atoms with Crippen LogP contribution in [0, 0.1) is 0 Å². The Labute approximate surface area is 191 Å². The minimum absolute atomic E-state index is 0.0886. The second-order valence-electron chi connectivity index (χ2n) is 7.99. The molecule has 1 fully saturated rings. The van der Waals surface area contributed by atoms with Crippen LogP contribution in [0.15, 0.2) is 55.1 Å². The lowest BCUT2D eigenvalue weighted by Crippen LogP contribution is -2.29. The lowest BCUT2D eigenvalue weighted by molar-refractivity contribution is -0.119. The van der Waals surface area contributed by atoms with Gasteiger partial charge in [-0.1, -0.05) is 6.08 Å². The van der Waals surface area contributed by atoms with Crippen molar-refractivity contribution in [3.05, 3.63) is 71.8 Å². The molecular formula is C25H25N3O5. The molecule has 0 unspecified atom stereocenters. The van der Waals surface area contributed by atoms with Gasteiger partial charge in [0, 0.05) is 31.0 Å². The van der Waals surface area contributed by atoms with Crippen LogP contribution >= 0.6 is 0 Å². The fourth-order valence-corrected chi connectivity index (χ4v) is 4.03. The molecule has 2 aliphatic heterocycles. The van der Waals surface area contributed by atoms with Crippen molar-refractivity contribution in [3.63, 3.8) is 0 Å². The number of hydrogen-bond acceptors (Lipinski definition) is 6. The summed E-state index contributed by atoms with van der Waals surface area (Å²) in [5.41, 5.74) is 2.18. The van der Waals surface area contributed by atoms with Crippen LogP contribution in [0.1, 0.15) is 50.3 Å². The van der Waals surface area contributed by atoms with Gasteiger partial charge in [-0.25, -0.2) is 4.79 Å². The SMILES string of the molecule is C=CCN1C(=O)c2ccc(C(=O)OCC(=O)Nc3ccc(N4CCCCC4)cc3)cc2C1=O. The first-order valence-corrected chi connectivity index (χ1v) is 10.9. The molecule has 8 nitrogen and oxygen atoms in total. The number of piperidine rings is 1. The molecule has 0 radical (unpaired) electrons. The summed E-state index contributed by atoms with van der Waals surface area (Å²) in [4.78, 5) is 52.6. The van der Waals surface area contributed by atoms with Crippen molar-refractivity contribution in [3.8, 4) is 0 Å². The Morgan fingerprint density at radius 3 is 2.36 bits per heavy atom. The predicted molar refractivity (Wildman–Crippen MR) is 123 cm³/mol. The Morgan fingerprint density at radius 1 is 0.970 bits per heavy atom. The van der Waals surface area contributed by atoms with Gasteiger partial charge < -0.3 is 15.0 Å². The lowest BCUT2D eigenvalue weighted by Gasteiger charge is -2.28. The molecule has 2 aliphatic rings. The van der Waals surface area contributed by atoms with E-state index >= 15 is 0 Å². The number of ether oxygens (including phenoxy) is 1. The minimum Gasteiger partial charge on any atom is -0.452 e. The molecule has 0 aromatic heterocycles. The van der Waals surface area contributed by atoms with Gasteiger partial charge in [-0.2, -0.15) is 0 Å². The largest absolute Gasteiger partial charge is 0.452 e. The van der Waals surface area contributed by atoms with Gasteiger partial charge in [0.1, 0.15) is 0 Å². The Balaban J connectivity index is 1.32. The molecule has 4 rings (SSSR count). The van der Waals surface area contributed by atoms with Crippen LogP contribution in [0.5, 0.6) is 0 Å². The number of anilines is 2. The summed E-state index contributed by atoms with van der Waals surface area (Å²) in [6, 6.07) is 11.7. The van der Waals surface area contributed by atoms with Crippen molar-refractivity contribution >= 4 is 35.1 Å². The maximum atomic E-state index is 12.4. The first-order valence-electron chi connectivity index (χ1n) is 10.9. The molecular weight excluding hydrogens is 422 g/mol. The van der Waals surface area contributed by atoms with Gasteiger partial charge in [-0.05, 0) is 61.7 Å². The smallest absolute Gasteiger partial charge is 0.338 e. The summed E-state index contributed by atoms with van der Waals surface area (Å²) in [5.74, 6) is -2.15. The molecule has 0 bridgehead atoms. The van der Waals surface area contributed by atoms with E-state index < -0.39 is 30.3 Å². The molecule has 0 spiro atoms. The lowest BCUT2D eigenvalue weighted by atomic mass is 10.1. The number of carbonyl (C=O) groups is 4. The Kier molecular flexibility index (Phi) is 6.53. The number of fused-ring (bicyclic) bond motifs is 1. The zero-order chi connectivity index (χ0) is 23.4. The van der Waals surface area contributed by atoms with Crippen LogP contribution in [0.25, 0.3) is 0 Å². The predicted octanol–water partition coefficient (Wildman–Crippen LogP) is 3.25. The molecule has 1 N–H and O–H groups in total. The van der Waals surface area contributed by atoms with Crippen LogP contribution in [0.2, 0.25) is 0 Å². The van der Waals surface area contributed by atoms with Gasteiger partial charge in [0.05, 0.1) is 16.7 Å². The summed E-state index contributed by atoms with van der Waals surface area (Å²) in [6.45, 7) is 5.23. The van der Waals surface area contributed by atoms with Crippen molar-refractivity contribution < 1.29 is 23.9 Å². The summed E-state index contributed by atoms with van der Waals surface area (Å²) >= 11 is 0. The zero-order valence-electron chi connectivity index (χ0n) is 18.2. The minimum atomic E-state index is -0.754. The number of nitrogens with zero attached hydrogens (tertiary/aromatic N) is 2. The molecule has 1 saturated heterocycles. The van der Waals surface area contributed by atoms with Gasteiger partial charge in [0.2, 0.25) is 0 Å². The molecule has 3 amide bonds. The van der Waals surface area contributed by atoms with Crippen LogP contribution < -0.4 is 10.2 Å². The van der Waals surface area contributed by atoms with E-state index in [0.717, 1.165) is 23.7 Å². The molecule has 2 heterocycles. The van der Waals surface area contributed by atoms with E-state index in [1.165, 1.54) is 43.5 Å². The van der Waals surface area contributed by atoms with Gasteiger partial charge in [-0.3, -0.25) is 19.3 Å². The number of carbonyl (C=O) groups excluding carboxylic acids is 4. The number of esters is 1. The molecule has 0 saturated carbocycles. The third-order valence-corrected chi connectivity index (χ3v) is 5.72.